The summed E-state index contributed by atoms with van der Waals surface area (Å²) < 4.78 is 70.7. The van der Waals surface area contributed by atoms with Crippen LogP contribution in [0.25, 0.3) is 0 Å². The Labute approximate surface area is 199 Å². The molecule has 0 amide bonds. The monoisotopic (exact) mass is 502 g/mol. The first kappa shape index (κ1) is 28.1. The van der Waals surface area contributed by atoms with Gasteiger partial charge >= 0.3 is 6.18 Å². The number of sulfonamides is 1. The van der Waals surface area contributed by atoms with E-state index < -0.39 is 21.8 Å². The molecule has 0 aliphatic heterocycles. The lowest BCUT2D eigenvalue weighted by Crippen LogP contribution is -2.27. The van der Waals surface area contributed by atoms with Gasteiger partial charge in [-0.05, 0) is 67.9 Å². The number of alkyl halides is 3. The molecule has 0 heterocycles. The highest BCUT2D eigenvalue weighted by atomic mass is 32.2. The van der Waals surface area contributed by atoms with Crippen molar-refractivity contribution in [3.8, 4) is 5.75 Å². The van der Waals surface area contributed by atoms with Gasteiger partial charge in [0.1, 0.15) is 5.75 Å². The highest BCUT2D eigenvalue weighted by molar-refractivity contribution is 7.89. The van der Waals surface area contributed by atoms with E-state index in [0.717, 1.165) is 63.0 Å². The minimum Gasteiger partial charge on any atom is -0.494 e. The zero-order valence-electron chi connectivity index (χ0n) is 19.4. The average Bonchev–Trinajstić information content (AvgIpc) is 2.81. The molecular formula is C24H33F3N2O4S. The van der Waals surface area contributed by atoms with Gasteiger partial charge in [0.2, 0.25) is 10.0 Å². The standard InChI is InChI=1S/C24H33F3N2O4S/c1-2-29(16-17-30)15-5-3-4-6-18-33-22-11-7-20(8-12-22)19-28-34(31,32)23-13-9-21(10-14-23)24(25,26)27/h7-14,28,30H,2-6,15-19H2,1H3. The van der Waals surface area contributed by atoms with Gasteiger partial charge in [0.05, 0.1) is 23.7 Å². The molecule has 2 aromatic rings. The van der Waals surface area contributed by atoms with E-state index in [4.69, 9.17) is 9.84 Å². The second-order valence-electron chi connectivity index (χ2n) is 7.91. The zero-order valence-corrected chi connectivity index (χ0v) is 20.2. The van der Waals surface area contributed by atoms with E-state index in [0.29, 0.717) is 24.5 Å². The van der Waals surface area contributed by atoms with Gasteiger partial charge in [-0.15, -0.1) is 0 Å². The molecule has 6 nitrogen and oxygen atoms in total. The largest absolute Gasteiger partial charge is 0.494 e. The van der Waals surface area contributed by atoms with Crippen LogP contribution in [0.4, 0.5) is 13.2 Å². The molecule has 2 N–H and O–H groups in total. The van der Waals surface area contributed by atoms with Gasteiger partial charge in [0.15, 0.2) is 0 Å². The number of unbranched alkanes of at least 4 members (excludes halogenated alkanes) is 3. The second kappa shape index (κ2) is 13.7. The molecule has 2 aromatic carbocycles. The predicted molar refractivity (Wildman–Crippen MR) is 125 cm³/mol. The molecule has 0 fully saturated rings. The normalized spacial score (nSPS) is 12.3. The van der Waals surface area contributed by atoms with Crippen molar-refractivity contribution in [2.24, 2.45) is 0 Å². The summed E-state index contributed by atoms with van der Waals surface area (Å²) in [5.41, 5.74) is -0.200. The fourth-order valence-corrected chi connectivity index (χ4v) is 4.36. The van der Waals surface area contributed by atoms with Crippen molar-refractivity contribution in [2.45, 2.75) is 50.2 Å². The fraction of sp³-hybridized carbons (Fsp3) is 0.500. The molecule has 0 saturated heterocycles. The summed E-state index contributed by atoms with van der Waals surface area (Å²) >= 11 is 0. The molecule has 10 heteroatoms. The van der Waals surface area contributed by atoms with Crippen molar-refractivity contribution in [1.82, 2.24) is 9.62 Å². The van der Waals surface area contributed by atoms with Crippen LogP contribution in [0.2, 0.25) is 0 Å². The number of ether oxygens (including phenoxy) is 1. The van der Waals surface area contributed by atoms with Crippen molar-refractivity contribution in [3.05, 3.63) is 59.7 Å². The van der Waals surface area contributed by atoms with Crippen LogP contribution >= 0.6 is 0 Å². The minimum absolute atomic E-state index is 0.00863. The van der Waals surface area contributed by atoms with Gasteiger partial charge < -0.3 is 14.7 Å². The number of aliphatic hydroxyl groups is 1. The van der Waals surface area contributed by atoms with Crippen molar-refractivity contribution in [2.75, 3.05) is 32.8 Å². The van der Waals surface area contributed by atoms with Crippen LogP contribution in [0.1, 0.15) is 43.7 Å². The van der Waals surface area contributed by atoms with Crippen molar-refractivity contribution < 1.29 is 31.4 Å². The number of halogens is 3. The first-order chi connectivity index (χ1) is 16.2. The number of hydrogen-bond donors (Lipinski definition) is 2. The van der Waals surface area contributed by atoms with Crippen LogP contribution in [0.3, 0.4) is 0 Å². The Hall–Kier alpha value is -2.14. The summed E-state index contributed by atoms with van der Waals surface area (Å²) in [5, 5.41) is 8.99. The van der Waals surface area contributed by atoms with E-state index in [1.165, 1.54) is 0 Å². The smallest absolute Gasteiger partial charge is 0.416 e. The maximum atomic E-state index is 12.6. The fourth-order valence-electron chi connectivity index (χ4n) is 3.34. The topological polar surface area (TPSA) is 78.9 Å². The van der Waals surface area contributed by atoms with Gasteiger partial charge in [-0.2, -0.15) is 13.2 Å². The van der Waals surface area contributed by atoms with Gasteiger partial charge in [-0.25, -0.2) is 13.1 Å². The Morgan fingerprint density at radius 2 is 1.59 bits per heavy atom. The first-order valence-corrected chi connectivity index (χ1v) is 12.9. The lowest BCUT2D eigenvalue weighted by Gasteiger charge is -2.18. The molecular weight excluding hydrogens is 469 g/mol. The van der Waals surface area contributed by atoms with Gasteiger partial charge in [0.25, 0.3) is 0 Å². The van der Waals surface area contributed by atoms with Crippen LogP contribution in [0.5, 0.6) is 5.75 Å². The maximum absolute atomic E-state index is 12.6. The van der Waals surface area contributed by atoms with Crippen LogP contribution in [-0.2, 0) is 22.7 Å². The molecule has 0 bridgehead atoms. The van der Waals surface area contributed by atoms with Crippen LogP contribution in [0.15, 0.2) is 53.4 Å². The van der Waals surface area contributed by atoms with Crippen LogP contribution in [0, 0.1) is 0 Å². The van der Waals surface area contributed by atoms with Gasteiger partial charge in [0, 0.05) is 13.1 Å². The SMILES string of the molecule is CCN(CCO)CCCCCCOc1ccc(CNS(=O)(=O)c2ccc(C(F)(F)F)cc2)cc1. The molecule has 190 valence electrons. The number of benzene rings is 2. The highest BCUT2D eigenvalue weighted by Crippen LogP contribution is 2.29. The summed E-state index contributed by atoms with van der Waals surface area (Å²) in [6, 6.07) is 10.4. The third kappa shape index (κ3) is 9.61. The summed E-state index contributed by atoms with van der Waals surface area (Å²) in [7, 11) is -3.93. The molecule has 0 spiro atoms. The molecule has 0 unspecified atom stereocenters. The number of aliphatic hydroxyl groups excluding tert-OH is 1. The average molecular weight is 503 g/mol. The quantitative estimate of drug-likeness (QED) is 0.352. The van der Waals surface area contributed by atoms with Gasteiger partial charge in [-0.1, -0.05) is 31.9 Å². The molecule has 0 aliphatic rings. The molecule has 0 aromatic heterocycles. The van der Waals surface area contributed by atoms with Crippen LogP contribution < -0.4 is 9.46 Å². The molecule has 0 atom stereocenters. The van der Waals surface area contributed by atoms with E-state index in [9.17, 15) is 21.6 Å². The first-order valence-electron chi connectivity index (χ1n) is 11.4. The Balaban J connectivity index is 1.70. The van der Waals surface area contributed by atoms with E-state index in [1.54, 1.807) is 24.3 Å². The number of nitrogens with one attached hydrogen (secondary N) is 1. The van der Waals surface area contributed by atoms with Crippen LogP contribution in [-0.4, -0.2) is 51.3 Å². The minimum atomic E-state index is -4.52. The Bertz CT molecular complexity index is 950. The van der Waals surface area contributed by atoms with E-state index >= 15 is 0 Å². The number of rotatable bonds is 15. The molecule has 0 radical (unpaired) electrons. The predicted octanol–water partition coefficient (Wildman–Crippen LogP) is 4.44. The van der Waals surface area contributed by atoms with E-state index in [-0.39, 0.29) is 18.0 Å². The van der Waals surface area contributed by atoms with Crippen molar-refractivity contribution in [1.29, 1.82) is 0 Å². The Morgan fingerprint density at radius 3 is 2.18 bits per heavy atom. The Kier molecular flexibility index (Phi) is 11.3. The zero-order chi connectivity index (χ0) is 25.0. The number of likely N-dealkylation sites (N-methyl/N-ethyl adjacent to an activating group) is 1. The summed E-state index contributed by atoms with van der Waals surface area (Å²) in [4.78, 5) is 2.00. The Morgan fingerprint density at radius 1 is 0.941 bits per heavy atom. The van der Waals surface area contributed by atoms with Crippen molar-refractivity contribution in [3.63, 3.8) is 0 Å². The summed E-state index contributed by atoms with van der Waals surface area (Å²) in [5.74, 6) is 0.689. The molecule has 0 saturated carbocycles. The summed E-state index contributed by atoms with van der Waals surface area (Å²) in [6.07, 6.45) is -0.341. The molecule has 2 rings (SSSR count). The number of nitrogens with zero attached hydrogens (tertiary/aromatic N) is 1. The van der Waals surface area contributed by atoms with Gasteiger partial charge in [-0.3, -0.25) is 0 Å². The van der Waals surface area contributed by atoms with E-state index in [1.807, 2.05) is 0 Å². The maximum Gasteiger partial charge on any atom is 0.416 e. The number of hydrogen-bond acceptors (Lipinski definition) is 5. The lowest BCUT2D eigenvalue weighted by atomic mass is 10.2. The summed E-state index contributed by atoms with van der Waals surface area (Å²) in [6.45, 7) is 5.52. The molecule has 34 heavy (non-hydrogen) atoms. The third-order valence-electron chi connectivity index (χ3n) is 5.38. The second-order valence-corrected chi connectivity index (χ2v) is 9.68. The van der Waals surface area contributed by atoms with E-state index in [2.05, 4.69) is 16.5 Å². The van der Waals surface area contributed by atoms with Crippen molar-refractivity contribution >= 4 is 10.0 Å². The molecule has 0 aliphatic carbocycles. The third-order valence-corrected chi connectivity index (χ3v) is 6.80. The highest BCUT2D eigenvalue weighted by Gasteiger charge is 2.30. The lowest BCUT2D eigenvalue weighted by molar-refractivity contribution is -0.137.